The number of imidazole rings is 2. The van der Waals surface area contributed by atoms with Crippen LogP contribution in [0.4, 0.5) is 5.69 Å². The van der Waals surface area contributed by atoms with E-state index in [4.69, 9.17) is 20.1 Å². The Morgan fingerprint density at radius 3 is 2.93 bits per heavy atom. The second-order valence-corrected chi connectivity index (χ2v) is 6.37. The van der Waals surface area contributed by atoms with Crippen molar-refractivity contribution in [3.8, 4) is 11.3 Å². The summed E-state index contributed by atoms with van der Waals surface area (Å²) in [6, 6.07) is 6.91. The fourth-order valence-corrected chi connectivity index (χ4v) is 3.27. The molecule has 0 spiro atoms. The van der Waals surface area contributed by atoms with Crippen molar-refractivity contribution in [2.45, 2.75) is 12.5 Å². The number of aromatic amines is 1. The van der Waals surface area contributed by atoms with Gasteiger partial charge in [-0.15, -0.1) is 0 Å². The van der Waals surface area contributed by atoms with E-state index >= 15 is 0 Å². The molecule has 0 radical (unpaired) electrons. The first kappa shape index (κ1) is 17.4. The lowest BCUT2D eigenvalue weighted by Crippen LogP contribution is -2.17. The molecule has 0 unspecified atom stereocenters. The Balaban J connectivity index is 1.59. The zero-order chi connectivity index (χ0) is 20.0. The minimum absolute atomic E-state index is 0.197. The summed E-state index contributed by atoms with van der Waals surface area (Å²) in [5.74, 6) is 0.344. The Kier molecular flexibility index (Phi) is 4.03. The number of aliphatic hydroxyl groups is 1. The number of benzene rings is 1. The lowest BCUT2D eigenvalue weighted by Gasteiger charge is -2.11. The first-order chi connectivity index (χ1) is 14.2. The van der Waals surface area contributed by atoms with Crippen molar-refractivity contribution in [3.63, 3.8) is 0 Å². The smallest absolute Gasteiger partial charge is 0.287 e. The molecule has 1 aliphatic heterocycles. The van der Waals surface area contributed by atoms with Gasteiger partial charge in [0.2, 0.25) is 5.78 Å². The van der Waals surface area contributed by atoms with E-state index < -0.39 is 12.5 Å². The summed E-state index contributed by atoms with van der Waals surface area (Å²) in [6.07, 6.45) is 1.87. The van der Waals surface area contributed by atoms with Crippen LogP contribution in [-0.4, -0.2) is 48.5 Å². The first-order valence-electron chi connectivity index (χ1n) is 8.69. The maximum absolute atomic E-state index is 12.9. The Labute approximate surface area is 161 Å². The lowest BCUT2D eigenvalue weighted by atomic mass is 10.1. The van der Waals surface area contributed by atoms with Crippen LogP contribution >= 0.6 is 0 Å². The van der Waals surface area contributed by atoms with E-state index in [1.165, 1.54) is 10.7 Å². The summed E-state index contributed by atoms with van der Waals surface area (Å²) in [5.41, 5.74) is 10.7. The molecule has 29 heavy (non-hydrogen) atoms. The number of nitrogens with one attached hydrogen (secondary N) is 1. The van der Waals surface area contributed by atoms with Crippen molar-refractivity contribution in [1.29, 1.82) is 0 Å². The van der Waals surface area contributed by atoms with Crippen LogP contribution < -0.4 is 5.56 Å². The van der Waals surface area contributed by atoms with Crippen molar-refractivity contribution in [1.82, 2.24) is 23.9 Å². The van der Waals surface area contributed by atoms with E-state index in [1.54, 1.807) is 35.0 Å². The van der Waals surface area contributed by atoms with Gasteiger partial charge < -0.3 is 19.6 Å². The Morgan fingerprint density at radius 2 is 2.21 bits per heavy atom. The zero-order valence-electron chi connectivity index (χ0n) is 14.8. The van der Waals surface area contributed by atoms with Gasteiger partial charge in [0.25, 0.3) is 5.56 Å². The van der Waals surface area contributed by atoms with E-state index in [0.29, 0.717) is 22.8 Å². The predicted octanol–water partition coefficient (Wildman–Crippen LogP) is 1.84. The van der Waals surface area contributed by atoms with E-state index in [9.17, 15) is 4.79 Å². The third-order valence-electron chi connectivity index (χ3n) is 4.67. The Bertz CT molecular complexity index is 1320. The van der Waals surface area contributed by atoms with Crippen molar-refractivity contribution in [2.24, 2.45) is 5.11 Å². The van der Waals surface area contributed by atoms with Crippen molar-refractivity contribution >= 4 is 22.6 Å². The molecule has 1 fully saturated rings. The molecule has 2 N–H and O–H groups in total. The molecule has 12 heteroatoms. The summed E-state index contributed by atoms with van der Waals surface area (Å²) in [4.78, 5) is 27.5. The first-order valence-corrected chi connectivity index (χ1v) is 8.69. The van der Waals surface area contributed by atoms with Crippen molar-refractivity contribution in [3.05, 3.63) is 57.6 Å². The van der Waals surface area contributed by atoms with Crippen LogP contribution in [0.15, 0.2) is 46.7 Å². The quantitative estimate of drug-likeness (QED) is 0.306. The number of hydrogen-bond acceptors (Lipinski definition) is 7. The molecule has 4 aromatic rings. The molecule has 1 aromatic carbocycles. The number of fused-ring (bicyclic) bond motifs is 2. The zero-order valence-corrected chi connectivity index (χ0v) is 14.8. The van der Waals surface area contributed by atoms with Gasteiger partial charge >= 0.3 is 0 Å². The van der Waals surface area contributed by atoms with Gasteiger partial charge in [0.05, 0.1) is 25.2 Å². The maximum atomic E-state index is 12.9. The molecule has 0 amide bonds. The average molecular weight is 394 g/mol. The highest BCUT2D eigenvalue weighted by atomic mass is 16.7. The van der Waals surface area contributed by atoms with Crippen LogP contribution in [0.1, 0.15) is 6.23 Å². The van der Waals surface area contributed by atoms with E-state index in [2.05, 4.69) is 25.0 Å². The molecular formula is C17H14N8O4. The molecule has 0 saturated carbocycles. The molecule has 1 saturated heterocycles. The second kappa shape index (κ2) is 6.72. The molecule has 3 aromatic heterocycles. The number of aromatic nitrogens is 5. The van der Waals surface area contributed by atoms with Gasteiger partial charge in [-0.1, -0.05) is 29.4 Å². The van der Waals surface area contributed by atoms with E-state index in [1.807, 2.05) is 0 Å². The van der Waals surface area contributed by atoms with Crippen LogP contribution in [0, 0.1) is 0 Å². The van der Waals surface area contributed by atoms with Gasteiger partial charge in [-0.05, 0) is 11.1 Å². The number of hydrogen-bond donors (Lipinski definition) is 2. The fraction of sp³-hybridized carbons (Fsp3) is 0.235. The molecule has 12 nitrogen and oxygen atoms in total. The molecule has 0 aliphatic carbocycles. The van der Waals surface area contributed by atoms with Crippen LogP contribution in [-0.2, 0) is 9.47 Å². The minimum Gasteiger partial charge on any atom is -0.391 e. The SMILES string of the molecule is [N-]=[N+]=Nc1ccc(-c2cn3c(=O)c4ncn([C@H]5CO[C@@H](CO)O5)c4nc3[nH]2)cc1. The van der Waals surface area contributed by atoms with Gasteiger partial charge in [0.15, 0.2) is 23.7 Å². The molecule has 4 heterocycles. The number of ether oxygens (including phenoxy) is 2. The number of nitrogens with zero attached hydrogens (tertiary/aromatic N) is 7. The highest BCUT2D eigenvalue weighted by Gasteiger charge is 2.29. The molecule has 0 bridgehead atoms. The number of aliphatic hydroxyl groups excluding tert-OH is 1. The number of rotatable bonds is 4. The minimum atomic E-state index is -0.715. The van der Waals surface area contributed by atoms with Crippen LogP contribution in [0.2, 0.25) is 0 Å². The van der Waals surface area contributed by atoms with E-state index in [0.717, 1.165) is 5.56 Å². The normalized spacial score (nSPS) is 19.1. The summed E-state index contributed by atoms with van der Waals surface area (Å²) in [6.45, 7) is -0.0485. The topological polar surface area (TPSA) is 155 Å². The summed E-state index contributed by atoms with van der Waals surface area (Å²) in [5, 5.41) is 12.7. The van der Waals surface area contributed by atoms with Gasteiger partial charge in [0, 0.05) is 16.8 Å². The van der Waals surface area contributed by atoms with Gasteiger partial charge in [-0.25, -0.2) is 9.38 Å². The van der Waals surface area contributed by atoms with Gasteiger partial charge in [0.1, 0.15) is 0 Å². The predicted molar refractivity (Wildman–Crippen MR) is 100 cm³/mol. The second-order valence-electron chi connectivity index (χ2n) is 6.37. The Hall–Kier alpha value is -3.70. The molecule has 5 rings (SSSR count). The largest absolute Gasteiger partial charge is 0.391 e. The standard InChI is InChI=1S/C17H14N8O4/c18-23-22-10-3-1-9(2-4-10)11-5-24-16(27)14-15(21-17(24)20-11)25(8-19-14)12-7-28-13(6-26)29-12/h1-5,8,12-13,26H,6-7H2,(H,20,21)/t12-,13-/m1/s1. The monoisotopic (exact) mass is 394 g/mol. The van der Waals surface area contributed by atoms with Crippen LogP contribution in [0.3, 0.4) is 0 Å². The summed E-state index contributed by atoms with van der Waals surface area (Å²) < 4.78 is 13.9. The molecule has 2 atom stereocenters. The number of H-pyrrole nitrogens is 1. The van der Waals surface area contributed by atoms with Crippen molar-refractivity contribution < 1.29 is 14.6 Å². The van der Waals surface area contributed by atoms with Gasteiger partial charge in [-0.2, -0.15) is 4.98 Å². The van der Waals surface area contributed by atoms with E-state index in [-0.39, 0.29) is 24.3 Å². The highest BCUT2D eigenvalue weighted by Crippen LogP contribution is 2.25. The van der Waals surface area contributed by atoms with Crippen LogP contribution in [0.5, 0.6) is 0 Å². The molecule has 1 aliphatic rings. The maximum Gasteiger partial charge on any atom is 0.287 e. The number of azide groups is 1. The molecular weight excluding hydrogens is 380 g/mol. The third-order valence-corrected chi connectivity index (χ3v) is 4.67. The average Bonchev–Trinajstić information content (AvgIpc) is 3.46. The molecule has 146 valence electrons. The Morgan fingerprint density at radius 1 is 1.38 bits per heavy atom. The fourth-order valence-electron chi connectivity index (χ4n) is 3.27. The highest BCUT2D eigenvalue weighted by molar-refractivity contribution is 5.73. The van der Waals surface area contributed by atoms with Crippen LogP contribution in [0.25, 0.3) is 38.6 Å². The van der Waals surface area contributed by atoms with Crippen molar-refractivity contribution in [2.75, 3.05) is 13.2 Å². The lowest BCUT2D eigenvalue weighted by molar-refractivity contribution is -0.0980. The summed E-state index contributed by atoms with van der Waals surface area (Å²) in [7, 11) is 0. The third kappa shape index (κ3) is 2.83. The summed E-state index contributed by atoms with van der Waals surface area (Å²) >= 11 is 0. The van der Waals surface area contributed by atoms with Gasteiger partial charge in [-0.3, -0.25) is 9.36 Å².